The molecule has 162 valence electrons. The van der Waals surface area contributed by atoms with Crippen LogP contribution in [0.2, 0.25) is 0 Å². The molecular formula is C24H26N2O5. The number of rotatable bonds is 7. The minimum Gasteiger partial charge on any atom is -0.453 e. The summed E-state index contributed by atoms with van der Waals surface area (Å²) in [5.74, 6) is -1.35. The number of carbonyl (C=O) groups excluding carboxylic acids is 4. The molecule has 1 saturated heterocycles. The Morgan fingerprint density at radius 2 is 1.81 bits per heavy atom. The zero-order chi connectivity index (χ0) is 22.5. The van der Waals surface area contributed by atoms with Gasteiger partial charge in [-0.05, 0) is 63.1 Å². The molecule has 0 bridgehead atoms. The number of ketones is 1. The summed E-state index contributed by atoms with van der Waals surface area (Å²) < 4.78 is 5.20. The van der Waals surface area contributed by atoms with Gasteiger partial charge in [-0.1, -0.05) is 17.7 Å². The van der Waals surface area contributed by atoms with Crippen LogP contribution in [-0.2, 0) is 14.3 Å². The van der Waals surface area contributed by atoms with E-state index in [-0.39, 0.29) is 18.2 Å². The molecule has 1 atom stereocenters. The van der Waals surface area contributed by atoms with Gasteiger partial charge in [0.1, 0.15) is 6.54 Å². The Morgan fingerprint density at radius 3 is 2.45 bits per heavy atom. The lowest BCUT2D eigenvalue weighted by atomic mass is 9.99. The fraction of sp³-hybridized carbons (Fsp3) is 0.333. The van der Waals surface area contributed by atoms with Crippen LogP contribution in [0.3, 0.4) is 0 Å². The van der Waals surface area contributed by atoms with Crippen molar-refractivity contribution in [1.82, 2.24) is 5.32 Å². The number of carbonyl (C=O) groups is 4. The van der Waals surface area contributed by atoms with E-state index in [1.54, 1.807) is 35.2 Å². The van der Waals surface area contributed by atoms with Crippen molar-refractivity contribution in [3.63, 3.8) is 0 Å². The van der Waals surface area contributed by atoms with E-state index in [0.717, 1.165) is 23.2 Å². The highest BCUT2D eigenvalue weighted by Crippen LogP contribution is 2.21. The third kappa shape index (κ3) is 5.36. The van der Waals surface area contributed by atoms with Crippen LogP contribution in [-0.4, -0.2) is 42.8 Å². The van der Waals surface area contributed by atoms with Crippen molar-refractivity contribution in [2.24, 2.45) is 0 Å². The van der Waals surface area contributed by atoms with Crippen LogP contribution in [0.1, 0.15) is 51.6 Å². The van der Waals surface area contributed by atoms with Crippen LogP contribution in [0.4, 0.5) is 5.69 Å². The summed E-state index contributed by atoms with van der Waals surface area (Å²) in [7, 11) is 0. The molecule has 7 heteroatoms. The number of anilines is 1. The van der Waals surface area contributed by atoms with Crippen molar-refractivity contribution < 1.29 is 23.9 Å². The molecule has 1 heterocycles. The second-order valence-corrected chi connectivity index (χ2v) is 7.69. The van der Waals surface area contributed by atoms with Gasteiger partial charge in [-0.2, -0.15) is 0 Å². The molecule has 0 saturated carbocycles. The Bertz CT molecular complexity index is 1010. The Labute approximate surface area is 181 Å². The molecule has 0 aliphatic carbocycles. The van der Waals surface area contributed by atoms with Gasteiger partial charge in [0.15, 0.2) is 6.10 Å². The molecule has 3 rings (SSSR count). The first-order valence-electron chi connectivity index (χ1n) is 10.3. The molecule has 1 aliphatic rings. The number of benzene rings is 2. The maximum atomic E-state index is 12.6. The number of nitrogens with zero attached hydrogens (tertiary/aromatic N) is 1. The van der Waals surface area contributed by atoms with Crippen LogP contribution >= 0.6 is 0 Å². The Hall–Kier alpha value is -3.48. The highest BCUT2D eigenvalue weighted by atomic mass is 16.5. The first-order chi connectivity index (χ1) is 14.8. The molecular weight excluding hydrogens is 396 g/mol. The number of hydrogen-bond acceptors (Lipinski definition) is 5. The summed E-state index contributed by atoms with van der Waals surface area (Å²) in [5, 5.41) is 2.50. The molecule has 0 aromatic heterocycles. The summed E-state index contributed by atoms with van der Waals surface area (Å²) in [6.07, 6.45) is 0.407. The predicted octanol–water partition coefficient (Wildman–Crippen LogP) is 2.97. The Morgan fingerprint density at radius 1 is 1.10 bits per heavy atom. The van der Waals surface area contributed by atoms with Gasteiger partial charge in [0, 0.05) is 29.8 Å². The summed E-state index contributed by atoms with van der Waals surface area (Å²) in [5.41, 5.74) is 3.38. The minimum atomic E-state index is -0.956. The highest BCUT2D eigenvalue weighted by molar-refractivity contribution is 6.02. The van der Waals surface area contributed by atoms with E-state index in [4.69, 9.17) is 4.74 Å². The van der Waals surface area contributed by atoms with E-state index >= 15 is 0 Å². The van der Waals surface area contributed by atoms with E-state index in [2.05, 4.69) is 5.32 Å². The topological polar surface area (TPSA) is 92.8 Å². The Balaban J connectivity index is 1.51. The van der Waals surface area contributed by atoms with E-state index in [9.17, 15) is 19.2 Å². The summed E-state index contributed by atoms with van der Waals surface area (Å²) in [6, 6.07) is 12.2. The van der Waals surface area contributed by atoms with Crippen LogP contribution < -0.4 is 10.2 Å². The Kier molecular flexibility index (Phi) is 6.84. The second kappa shape index (κ2) is 9.55. The maximum Gasteiger partial charge on any atom is 0.326 e. The van der Waals surface area contributed by atoms with Gasteiger partial charge < -0.3 is 15.0 Å². The van der Waals surface area contributed by atoms with E-state index in [1.807, 2.05) is 26.0 Å². The third-order valence-electron chi connectivity index (χ3n) is 5.24. The molecule has 31 heavy (non-hydrogen) atoms. The molecule has 0 radical (unpaired) electrons. The van der Waals surface area contributed by atoms with E-state index in [1.165, 1.54) is 6.92 Å². The molecule has 0 unspecified atom stereocenters. The number of hydrogen-bond donors (Lipinski definition) is 1. The first-order valence-corrected chi connectivity index (χ1v) is 10.3. The second-order valence-electron chi connectivity index (χ2n) is 7.69. The monoisotopic (exact) mass is 422 g/mol. The summed E-state index contributed by atoms with van der Waals surface area (Å²) >= 11 is 0. The summed E-state index contributed by atoms with van der Waals surface area (Å²) in [4.78, 5) is 50.5. The third-order valence-corrected chi connectivity index (χ3v) is 5.24. The van der Waals surface area contributed by atoms with E-state index in [0.29, 0.717) is 24.1 Å². The number of nitrogens with one attached hydrogen (secondary N) is 1. The van der Waals surface area contributed by atoms with Gasteiger partial charge >= 0.3 is 5.97 Å². The first kappa shape index (κ1) is 22.2. The number of esters is 1. The molecule has 2 aromatic rings. The number of Topliss-reactive ketones (excluding diaryl/α,β-unsaturated/α-hetero) is 1. The quantitative estimate of drug-likeness (QED) is 0.547. The van der Waals surface area contributed by atoms with Crippen LogP contribution in [0, 0.1) is 13.8 Å². The van der Waals surface area contributed by atoms with Crippen molar-refractivity contribution in [3.05, 3.63) is 64.7 Å². The van der Waals surface area contributed by atoms with Crippen LogP contribution in [0.5, 0.6) is 0 Å². The van der Waals surface area contributed by atoms with Crippen LogP contribution in [0.15, 0.2) is 42.5 Å². The van der Waals surface area contributed by atoms with E-state index < -0.39 is 18.0 Å². The fourth-order valence-corrected chi connectivity index (χ4v) is 3.48. The number of amides is 2. The number of aryl methyl sites for hydroxylation is 2. The van der Waals surface area contributed by atoms with Gasteiger partial charge in [0.05, 0.1) is 0 Å². The molecule has 2 aromatic carbocycles. The van der Waals surface area contributed by atoms with Gasteiger partial charge in [-0.15, -0.1) is 0 Å². The summed E-state index contributed by atoms with van der Waals surface area (Å²) in [6.45, 7) is 5.55. The molecule has 0 spiro atoms. The number of ether oxygens (including phenoxy) is 1. The fourth-order valence-electron chi connectivity index (χ4n) is 3.48. The smallest absolute Gasteiger partial charge is 0.326 e. The normalized spacial score (nSPS) is 14.3. The standard InChI is InChI=1S/C24H26N2O5/c1-15-6-7-16(2)20(13-15)23(29)17(3)31-22(28)14-25-24(30)18-8-10-19(11-9-18)26-12-4-5-21(26)27/h6-11,13,17H,4-5,12,14H2,1-3H3,(H,25,30)/t17-/m1/s1. The molecule has 1 aliphatic heterocycles. The lowest BCUT2D eigenvalue weighted by Crippen LogP contribution is -2.34. The molecule has 1 N–H and O–H groups in total. The highest BCUT2D eigenvalue weighted by Gasteiger charge is 2.23. The zero-order valence-corrected chi connectivity index (χ0v) is 17.9. The van der Waals surface area contributed by atoms with Crippen molar-refractivity contribution >= 4 is 29.3 Å². The SMILES string of the molecule is Cc1ccc(C)c(C(=O)[C@@H](C)OC(=O)CNC(=O)c2ccc(N3CCCC3=O)cc2)c1. The van der Waals surface area contributed by atoms with Gasteiger partial charge in [0.25, 0.3) is 5.91 Å². The molecule has 1 fully saturated rings. The lowest BCUT2D eigenvalue weighted by molar-refractivity contribution is -0.145. The lowest BCUT2D eigenvalue weighted by Gasteiger charge is -2.16. The largest absolute Gasteiger partial charge is 0.453 e. The maximum absolute atomic E-state index is 12.6. The van der Waals surface area contributed by atoms with Crippen molar-refractivity contribution in [1.29, 1.82) is 0 Å². The van der Waals surface area contributed by atoms with Gasteiger partial charge in [-0.25, -0.2) is 0 Å². The van der Waals surface area contributed by atoms with Crippen molar-refractivity contribution in [3.8, 4) is 0 Å². The molecule has 7 nitrogen and oxygen atoms in total. The predicted molar refractivity (Wildman–Crippen MR) is 116 cm³/mol. The average Bonchev–Trinajstić information content (AvgIpc) is 3.19. The van der Waals surface area contributed by atoms with Gasteiger partial charge in [-0.3, -0.25) is 19.2 Å². The zero-order valence-electron chi connectivity index (χ0n) is 17.9. The minimum absolute atomic E-state index is 0.0736. The van der Waals surface area contributed by atoms with Crippen molar-refractivity contribution in [2.45, 2.75) is 39.7 Å². The van der Waals surface area contributed by atoms with Gasteiger partial charge in [0.2, 0.25) is 11.7 Å². The molecule has 2 amide bonds. The van der Waals surface area contributed by atoms with Crippen LogP contribution in [0.25, 0.3) is 0 Å². The average molecular weight is 422 g/mol. The van der Waals surface area contributed by atoms with Crippen molar-refractivity contribution in [2.75, 3.05) is 18.0 Å².